The summed E-state index contributed by atoms with van der Waals surface area (Å²) in [6.07, 6.45) is 3.45. The van der Waals surface area contributed by atoms with Gasteiger partial charge in [-0.15, -0.1) is 0 Å². The van der Waals surface area contributed by atoms with Gasteiger partial charge in [-0.1, -0.05) is 0 Å². The molecule has 0 amide bonds. The third kappa shape index (κ3) is 3.17. The number of carboxylic acids is 1. The monoisotopic (exact) mass is 303 g/mol. The van der Waals surface area contributed by atoms with E-state index >= 15 is 0 Å². The van der Waals surface area contributed by atoms with Crippen molar-refractivity contribution in [3.8, 4) is 0 Å². The fourth-order valence-electron chi connectivity index (χ4n) is 2.23. The second-order valence-electron chi connectivity index (χ2n) is 5.21. The summed E-state index contributed by atoms with van der Waals surface area (Å²) in [4.78, 5) is 10.5. The highest BCUT2D eigenvalue weighted by Crippen LogP contribution is 2.25. The Bertz CT molecular complexity index is 607. The largest absolute Gasteiger partial charge is 0.480 e. The van der Waals surface area contributed by atoms with E-state index in [1.807, 2.05) is 0 Å². The predicted octanol–water partition coefficient (Wildman–Crippen LogP) is -0.497. The number of rotatable bonds is 4. The molecule has 9 heteroatoms. The highest BCUT2D eigenvalue weighted by molar-refractivity contribution is 7.89. The van der Waals surface area contributed by atoms with Crippen LogP contribution in [0.2, 0.25) is 0 Å². The molecule has 0 saturated carbocycles. The third-order valence-corrected chi connectivity index (χ3v) is 4.98. The first-order chi connectivity index (χ1) is 9.21. The molecule has 2 rings (SSSR count). The van der Waals surface area contributed by atoms with Crippen molar-refractivity contribution in [3.63, 3.8) is 0 Å². The lowest BCUT2D eigenvalue weighted by Crippen LogP contribution is -2.48. The first kappa shape index (κ1) is 14.9. The Kier molecular flexibility index (Phi) is 3.85. The molecule has 1 fully saturated rings. The molecular weight excluding hydrogens is 286 g/mol. The van der Waals surface area contributed by atoms with Gasteiger partial charge in [0.15, 0.2) is 0 Å². The van der Waals surface area contributed by atoms with E-state index in [4.69, 9.17) is 5.11 Å². The van der Waals surface area contributed by atoms with Gasteiger partial charge in [0.05, 0.1) is 11.8 Å². The number of piperidine rings is 1. The van der Waals surface area contributed by atoms with Crippen LogP contribution in [0.4, 0.5) is 0 Å². The summed E-state index contributed by atoms with van der Waals surface area (Å²) < 4.78 is 27.0. The molecule has 1 unspecified atom stereocenters. The van der Waals surface area contributed by atoms with E-state index in [9.17, 15) is 18.3 Å². The number of β-amino-alcohol motifs (C(OH)–C–C–N with tert-alkyl or cyclic N) is 1. The summed E-state index contributed by atoms with van der Waals surface area (Å²) in [6, 6.07) is 0. The fourth-order valence-corrected chi connectivity index (χ4v) is 3.78. The zero-order valence-electron chi connectivity index (χ0n) is 11.1. The molecule has 1 aromatic rings. The van der Waals surface area contributed by atoms with Gasteiger partial charge in [0.1, 0.15) is 11.4 Å². The summed E-state index contributed by atoms with van der Waals surface area (Å²) in [6.45, 7) is 1.57. The van der Waals surface area contributed by atoms with Crippen molar-refractivity contribution in [2.75, 3.05) is 13.1 Å². The summed E-state index contributed by atoms with van der Waals surface area (Å²) in [5, 5.41) is 22.3. The lowest BCUT2D eigenvalue weighted by atomic mass is 9.97. The van der Waals surface area contributed by atoms with Gasteiger partial charge < -0.3 is 10.2 Å². The van der Waals surface area contributed by atoms with Crippen LogP contribution in [-0.2, 0) is 21.4 Å². The summed E-state index contributed by atoms with van der Waals surface area (Å²) in [7, 11) is -3.75. The number of aliphatic hydroxyl groups is 1. The molecule has 0 aliphatic carbocycles. The van der Waals surface area contributed by atoms with Crippen LogP contribution in [-0.4, -0.2) is 57.4 Å². The Balaban J connectivity index is 2.21. The summed E-state index contributed by atoms with van der Waals surface area (Å²) >= 11 is 0. The number of sulfonamides is 1. The second-order valence-corrected chi connectivity index (χ2v) is 7.14. The molecule has 1 saturated heterocycles. The number of aliphatic carboxylic acids is 1. The molecule has 0 bridgehead atoms. The van der Waals surface area contributed by atoms with Gasteiger partial charge in [0.25, 0.3) is 0 Å². The van der Waals surface area contributed by atoms with Gasteiger partial charge in [0.2, 0.25) is 10.0 Å². The maximum absolute atomic E-state index is 12.4. The molecule has 1 aromatic heterocycles. The van der Waals surface area contributed by atoms with Gasteiger partial charge >= 0.3 is 5.97 Å². The van der Waals surface area contributed by atoms with Crippen molar-refractivity contribution >= 4 is 16.0 Å². The Morgan fingerprint density at radius 2 is 2.25 bits per heavy atom. The minimum absolute atomic E-state index is 0.0272. The average molecular weight is 303 g/mol. The van der Waals surface area contributed by atoms with E-state index in [2.05, 4.69) is 5.10 Å². The van der Waals surface area contributed by atoms with Gasteiger partial charge in [-0.25, -0.2) is 8.42 Å². The van der Waals surface area contributed by atoms with Crippen molar-refractivity contribution in [2.45, 2.75) is 36.8 Å². The standard InChI is InChI=1S/C11H17N3O5S/c1-11(17)3-2-4-14(8-11)20(18,19)9-5-12-13(6-9)7-10(15)16/h5-6,17H,2-4,7-8H2,1H3,(H,15,16). The van der Waals surface area contributed by atoms with E-state index in [1.165, 1.54) is 10.5 Å². The number of hydrogen-bond acceptors (Lipinski definition) is 5. The quantitative estimate of drug-likeness (QED) is 0.775. The van der Waals surface area contributed by atoms with Crippen LogP contribution in [0.25, 0.3) is 0 Å². The Morgan fingerprint density at radius 3 is 2.85 bits per heavy atom. The van der Waals surface area contributed by atoms with Crippen molar-refractivity contribution in [2.24, 2.45) is 0 Å². The third-order valence-electron chi connectivity index (χ3n) is 3.18. The maximum Gasteiger partial charge on any atom is 0.325 e. The number of hydrogen-bond donors (Lipinski definition) is 2. The number of carboxylic acid groups (broad SMARTS) is 1. The highest BCUT2D eigenvalue weighted by atomic mass is 32.2. The van der Waals surface area contributed by atoms with Crippen LogP contribution < -0.4 is 0 Å². The lowest BCUT2D eigenvalue weighted by molar-refractivity contribution is -0.137. The molecule has 1 atom stereocenters. The smallest absolute Gasteiger partial charge is 0.325 e. The van der Waals surface area contributed by atoms with E-state index in [0.717, 1.165) is 10.9 Å². The molecule has 2 heterocycles. The molecule has 1 aliphatic rings. The molecule has 2 N–H and O–H groups in total. The van der Waals surface area contributed by atoms with Gasteiger partial charge in [0, 0.05) is 19.3 Å². The van der Waals surface area contributed by atoms with Crippen molar-refractivity contribution in [3.05, 3.63) is 12.4 Å². The van der Waals surface area contributed by atoms with Gasteiger partial charge in [-0.2, -0.15) is 9.40 Å². The minimum atomic E-state index is -3.75. The van der Waals surface area contributed by atoms with E-state index < -0.39 is 28.1 Å². The second kappa shape index (κ2) is 5.15. The Hall–Kier alpha value is -1.45. The van der Waals surface area contributed by atoms with Gasteiger partial charge in [-0.3, -0.25) is 9.48 Å². The summed E-state index contributed by atoms with van der Waals surface area (Å²) in [5.41, 5.74) is -1.04. The molecule has 112 valence electrons. The van der Waals surface area contributed by atoms with Crippen molar-refractivity contribution in [1.29, 1.82) is 0 Å². The topological polar surface area (TPSA) is 113 Å². The van der Waals surface area contributed by atoms with Crippen LogP contribution in [0.15, 0.2) is 17.3 Å². The minimum Gasteiger partial charge on any atom is -0.480 e. The predicted molar refractivity (Wildman–Crippen MR) is 68.5 cm³/mol. The normalized spacial score (nSPS) is 24.7. The van der Waals surface area contributed by atoms with E-state index in [1.54, 1.807) is 6.92 Å². The van der Waals surface area contributed by atoms with E-state index in [0.29, 0.717) is 19.4 Å². The molecule has 8 nitrogen and oxygen atoms in total. The zero-order valence-corrected chi connectivity index (χ0v) is 11.9. The molecule has 1 aliphatic heterocycles. The lowest BCUT2D eigenvalue weighted by Gasteiger charge is -2.35. The van der Waals surface area contributed by atoms with Crippen LogP contribution >= 0.6 is 0 Å². The Labute approximate surface area is 116 Å². The molecule has 0 spiro atoms. The van der Waals surface area contributed by atoms with Crippen LogP contribution in [0.1, 0.15) is 19.8 Å². The average Bonchev–Trinajstić information content (AvgIpc) is 2.75. The first-order valence-electron chi connectivity index (χ1n) is 6.17. The van der Waals surface area contributed by atoms with Crippen molar-refractivity contribution in [1.82, 2.24) is 14.1 Å². The highest BCUT2D eigenvalue weighted by Gasteiger charge is 2.36. The van der Waals surface area contributed by atoms with Gasteiger partial charge in [-0.05, 0) is 19.8 Å². The number of carbonyl (C=O) groups is 1. The summed E-state index contributed by atoms with van der Waals surface area (Å²) in [5.74, 6) is -1.10. The Morgan fingerprint density at radius 1 is 1.55 bits per heavy atom. The van der Waals surface area contributed by atoms with Crippen molar-refractivity contribution < 1.29 is 23.4 Å². The van der Waals surface area contributed by atoms with Crippen LogP contribution in [0.3, 0.4) is 0 Å². The van der Waals surface area contributed by atoms with Crippen LogP contribution in [0, 0.1) is 0 Å². The molecule has 0 aromatic carbocycles. The SMILES string of the molecule is CC1(O)CCCN(S(=O)(=O)c2cnn(CC(=O)O)c2)C1. The number of nitrogens with zero attached hydrogens (tertiary/aromatic N) is 3. The maximum atomic E-state index is 12.4. The molecular formula is C11H17N3O5S. The molecule has 0 radical (unpaired) electrons. The molecule has 20 heavy (non-hydrogen) atoms. The first-order valence-corrected chi connectivity index (χ1v) is 7.61. The fraction of sp³-hybridized carbons (Fsp3) is 0.636. The van der Waals surface area contributed by atoms with Crippen LogP contribution in [0.5, 0.6) is 0 Å². The number of aromatic nitrogens is 2. The zero-order chi connectivity index (χ0) is 15.0. The van der Waals surface area contributed by atoms with E-state index in [-0.39, 0.29) is 11.4 Å².